The molecule has 0 saturated heterocycles. The first-order chi connectivity index (χ1) is 12.6. The van der Waals surface area contributed by atoms with Crippen LogP contribution in [0.1, 0.15) is 10.4 Å². The molecule has 0 aliphatic carbocycles. The van der Waals surface area contributed by atoms with E-state index in [2.05, 4.69) is 42.2 Å². The summed E-state index contributed by atoms with van der Waals surface area (Å²) in [4.78, 5) is 20.9. The monoisotopic (exact) mass is 426 g/mol. The molecule has 7 nitrogen and oxygen atoms in total. The highest BCUT2D eigenvalue weighted by molar-refractivity contribution is 9.10. The van der Waals surface area contributed by atoms with E-state index in [1.165, 1.54) is 17.7 Å². The molecule has 0 saturated carbocycles. The minimum absolute atomic E-state index is 0.279. The first kappa shape index (κ1) is 16.5. The van der Waals surface area contributed by atoms with Gasteiger partial charge in [0.05, 0.1) is 32.4 Å². The number of hydrogen-bond donors (Lipinski definition) is 2. The molecule has 0 aliphatic heterocycles. The van der Waals surface area contributed by atoms with Gasteiger partial charge < -0.3 is 11.1 Å². The SMILES string of the molecule is C#CCn1nc(Br)c2c(NC(=O)c3csc4c(N)ncnc34)cccc21. The number of nitrogen functional groups attached to an aromatic ring is 1. The van der Waals surface area contributed by atoms with Crippen molar-refractivity contribution in [1.82, 2.24) is 19.7 Å². The average Bonchev–Trinajstić information content (AvgIpc) is 3.19. The molecule has 9 heteroatoms. The number of nitrogens with two attached hydrogens (primary N) is 1. The molecule has 128 valence electrons. The summed E-state index contributed by atoms with van der Waals surface area (Å²) in [6.45, 7) is 0.338. The van der Waals surface area contributed by atoms with E-state index in [4.69, 9.17) is 12.2 Å². The van der Waals surface area contributed by atoms with Crippen LogP contribution >= 0.6 is 27.3 Å². The first-order valence-electron chi connectivity index (χ1n) is 7.47. The molecule has 0 spiro atoms. The molecule has 0 atom stereocenters. The maximum Gasteiger partial charge on any atom is 0.258 e. The van der Waals surface area contributed by atoms with Crippen LogP contribution < -0.4 is 11.1 Å². The lowest BCUT2D eigenvalue weighted by Gasteiger charge is -2.06. The molecular weight excluding hydrogens is 416 g/mol. The van der Waals surface area contributed by atoms with Gasteiger partial charge >= 0.3 is 0 Å². The number of benzene rings is 1. The lowest BCUT2D eigenvalue weighted by molar-refractivity contribution is 0.102. The van der Waals surface area contributed by atoms with Gasteiger partial charge in [-0.25, -0.2) is 9.97 Å². The lowest BCUT2D eigenvalue weighted by Crippen LogP contribution is -2.12. The molecule has 0 unspecified atom stereocenters. The lowest BCUT2D eigenvalue weighted by atomic mass is 10.2. The second-order valence-electron chi connectivity index (χ2n) is 5.39. The van der Waals surface area contributed by atoms with Crippen molar-refractivity contribution in [3.05, 3.63) is 40.1 Å². The van der Waals surface area contributed by atoms with Crippen molar-refractivity contribution in [3.8, 4) is 12.3 Å². The molecule has 4 aromatic rings. The Morgan fingerprint density at radius 2 is 2.27 bits per heavy atom. The Morgan fingerprint density at radius 1 is 1.42 bits per heavy atom. The van der Waals surface area contributed by atoms with Gasteiger partial charge in [0.2, 0.25) is 0 Å². The van der Waals surface area contributed by atoms with Gasteiger partial charge in [-0.15, -0.1) is 17.8 Å². The minimum Gasteiger partial charge on any atom is -0.382 e. The summed E-state index contributed by atoms with van der Waals surface area (Å²) in [6, 6.07) is 5.55. The van der Waals surface area contributed by atoms with Gasteiger partial charge in [-0.1, -0.05) is 12.0 Å². The van der Waals surface area contributed by atoms with Crippen LogP contribution in [0.2, 0.25) is 0 Å². The standard InChI is InChI=1S/C17H11BrN6OS/c1-2-6-24-11-5-3-4-10(12(11)15(18)23-24)22-17(25)9-7-26-14-13(9)20-8-21-16(14)19/h1,3-5,7-8H,6H2,(H,22,25)(H2,19,20,21). The van der Waals surface area contributed by atoms with Crippen molar-refractivity contribution >= 4 is 65.8 Å². The quantitative estimate of drug-likeness (QED) is 0.489. The summed E-state index contributed by atoms with van der Waals surface area (Å²) in [5, 5.41) is 9.81. The molecule has 26 heavy (non-hydrogen) atoms. The van der Waals surface area contributed by atoms with Crippen LogP contribution in [-0.2, 0) is 6.54 Å². The number of fused-ring (bicyclic) bond motifs is 2. The molecule has 3 heterocycles. The molecule has 3 aromatic heterocycles. The van der Waals surface area contributed by atoms with Gasteiger partial charge in [-0.2, -0.15) is 5.10 Å². The number of terminal acetylenes is 1. The van der Waals surface area contributed by atoms with Gasteiger partial charge in [-0.3, -0.25) is 9.48 Å². The van der Waals surface area contributed by atoms with Crippen LogP contribution in [0, 0.1) is 12.3 Å². The summed E-state index contributed by atoms with van der Waals surface area (Å²) in [7, 11) is 0. The molecule has 0 radical (unpaired) electrons. The van der Waals surface area contributed by atoms with Crippen molar-refractivity contribution in [1.29, 1.82) is 0 Å². The third-order valence-corrected chi connectivity index (χ3v) is 5.40. The van der Waals surface area contributed by atoms with Gasteiger partial charge in [0.25, 0.3) is 5.91 Å². The molecular formula is C17H11BrN6OS. The number of nitrogens with zero attached hydrogens (tertiary/aromatic N) is 4. The van der Waals surface area contributed by atoms with E-state index in [-0.39, 0.29) is 5.91 Å². The van der Waals surface area contributed by atoms with E-state index in [9.17, 15) is 4.79 Å². The van der Waals surface area contributed by atoms with Gasteiger partial charge in [-0.05, 0) is 28.1 Å². The fraction of sp³-hybridized carbons (Fsp3) is 0.0588. The molecule has 0 fully saturated rings. The Balaban J connectivity index is 1.76. The van der Waals surface area contributed by atoms with Crippen LogP contribution in [0.15, 0.2) is 34.5 Å². The second-order valence-corrected chi connectivity index (χ2v) is 7.02. The van der Waals surface area contributed by atoms with E-state index in [0.717, 1.165) is 10.9 Å². The number of nitrogens with one attached hydrogen (secondary N) is 1. The second kappa shape index (κ2) is 6.40. The third-order valence-electron chi connectivity index (χ3n) is 3.85. The van der Waals surface area contributed by atoms with Crippen molar-refractivity contribution in [3.63, 3.8) is 0 Å². The highest BCUT2D eigenvalue weighted by atomic mass is 79.9. The highest BCUT2D eigenvalue weighted by Crippen LogP contribution is 2.32. The zero-order valence-corrected chi connectivity index (χ0v) is 15.6. The number of hydrogen-bond acceptors (Lipinski definition) is 6. The summed E-state index contributed by atoms with van der Waals surface area (Å²) >= 11 is 4.78. The van der Waals surface area contributed by atoms with Crippen LogP contribution in [0.25, 0.3) is 21.1 Å². The van der Waals surface area contributed by atoms with Crippen LogP contribution in [0.3, 0.4) is 0 Å². The van der Waals surface area contributed by atoms with Crippen LogP contribution in [0.5, 0.6) is 0 Å². The Kier molecular flexibility index (Phi) is 4.06. The maximum atomic E-state index is 12.8. The van der Waals surface area contributed by atoms with Crippen molar-refractivity contribution in [2.75, 3.05) is 11.1 Å². The first-order valence-corrected chi connectivity index (χ1v) is 9.15. The summed E-state index contributed by atoms with van der Waals surface area (Å²) in [5.74, 6) is 2.65. The zero-order valence-electron chi connectivity index (χ0n) is 13.2. The summed E-state index contributed by atoms with van der Waals surface area (Å²) in [5.41, 5.74) is 8.28. The van der Waals surface area contributed by atoms with E-state index < -0.39 is 0 Å². The fourth-order valence-electron chi connectivity index (χ4n) is 2.71. The number of rotatable bonds is 3. The van der Waals surface area contributed by atoms with E-state index in [0.29, 0.717) is 38.4 Å². The van der Waals surface area contributed by atoms with E-state index >= 15 is 0 Å². The topological polar surface area (TPSA) is 98.7 Å². The summed E-state index contributed by atoms with van der Waals surface area (Å²) in [6.07, 6.45) is 6.74. The zero-order chi connectivity index (χ0) is 18.3. The smallest absolute Gasteiger partial charge is 0.258 e. The molecule has 0 aliphatic rings. The van der Waals surface area contributed by atoms with Crippen molar-refractivity contribution in [2.45, 2.75) is 6.54 Å². The maximum absolute atomic E-state index is 12.8. The predicted molar refractivity (Wildman–Crippen MR) is 106 cm³/mol. The number of thiophene rings is 1. The van der Waals surface area contributed by atoms with Gasteiger partial charge in [0.1, 0.15) is 23.3 Å². The molecule has 1 aromatic carbocycles. The van der Waals surface area contributed by atoms with Crippen LogP contribution in [-0.4, -0.2) is 25.7 Å². The van der Waals surface area contributed by atoms with Crippen LogP contribution in [0.4, 0.5) is 11.5 Å². The Hall–Kier alpha value is -2.96. The van der Waals surface area contributed by atoms with E-state index in [1.54, 1.807) is 10.1 Å². The number of anilines is 2. The third kappa shape index (κ3) is 2.60. The molecule has 0 bridgehead atoms. The Morgan fingerprint density at radius 3 is 3.08 bits per heavy atom. The fourth-order valence-corrected chi connectivity index (χ4v) is 4.22. The number of halogens is 1. The van der Waals surface area contributed by atoms with E-state index in [1.807, 2.05) is 18.2 Å². The number of aromatic nitrogens is 4. The normalized spacial score (nSPS) is 10.9. The van der Waals surface area contributed by atoms with Crippen molar-refractivity contribution in [2.24, 2.45) is 0 Å². The minimum atomic E-state index is -0.279. The molecule has 3 N–H and O–H groups in total. The van der Waals surface area contributed by atoms with Crippen molar-refractivity contribution < 1.29 is 4.79 Å². The molecule has 4 rings (SSSR count). The summed E-state index contributed by atoms with van der Waals surface area (Å²) < 4.78 is 3.00. The highest BCUT2D eigenvalue weighted by Gasteiger charge is 2.18. The predicted octanol–water partition coefficient (Wildman–Crippen LogP) is 3.27. The number of amides is 1. The molecule has 1 amide bonds. The van der Waals surface area contributed by atoms with Gasteiger partial charge in [0.15, 0.2) is 0 Å². The Bertz CT molecular complexity index is 1210. The largest absolute Gasteiger partial charge is 0.382 e. The Labute approximate surface area is 160 Å². The average molecular weight is 427 g/mol. The number of carbonyl (C=O) groups excluding carboxylic acids is 1. The van der Waals surface area contributed by atoms with Gasteiger partial charge in [0, 0.05) is 5.38 Å². The number of carbonyl (C=O) groups is 1.